The van der Waals surface area contributed by atoms with Crippen LogP contribution in [-0.4, -0.2) is 27.8 Å². The van der Waals surface area contributed by atoms with Gasteiger partial charge in [-0.15, -0.1) is 11.3 Å². The number of carbonyl (C=O) groups is 1. The molecule has 2 aromatic rings. The summed E-state index contributed by atoms with van der Waals surface area (Å²) < 4.78 is 0. The lowest BCUT2D eigenvalue weighted by Gasteiger charge is -2.17. The van der Waals surface area contributed by atoms with Crippen LogP contribution in [0.5, 0.6) is 0 Å². The molecule has 0 N–H and O–H groups in total. The number of aromatic nitrogens is 1. The first-order chi connectivity index (χ1) is 9.90. The summed E-state index contributed by atoms with van der Waals surface area (Å²) in [5.41, 5.74) is 0.869. The van der Waals surface area contributed by atoms with Crippen molar-refractivity contribution in [3.63, 3.8) is 0 Å². The summed E-state index contributed by atoms with van der Waals surface area (Å²) in [7, 11) is 1.62. The predicted octanol–water partition coefficient (Wildman–Crippen LogP) is 3.29. The number of amides is 1. The third kappa shape index (κ3) is 3.37. The Labute approximate surface area is 130 Å². The first-order valence-corrected chi connectivity index (χ1v) is 7.24. The van der Waals surface area contributed by atoms with E-state index < -0.39 is 10.8 Å². The highest BCUT2D eigenvalue weighted by Crippen LogP contribution is 2.22. The van der Waals surface area contributed by atoms with Gasteiger partial charge in [0.15, 0.2) is 0 Å². The molecule has 110 valence electrons. The first-order valence-electron chi connectivity index (χ1n) is 5.98. The summed E-state index contributed by atoms with van der Waals surface area (Å²) in [5.74, 6) is -0.399. The number of hydrogen-bond donors (Lipinski definition) is 0. The van der Waals surface area contributed by atoms with E-state index in [0.717, 1.165) is 22.7 Å². The van der Waals surface area contributed by atoms with Crippen molar-refractivity contribution in [3.8, 4) is 0 Å². The molecule has 0 aliphatic heterocycles. The minimum atomic E-state index is -0.608. The van der Waals surface area contributed by atoms with Crippen molar-refractivity contribution in [1.82, 2.24) is 9.88 Å². The topological polar surface area (TPSA) is 76.3 Å². The fraction of sp³-hybridized carbons (Fsp3) is 0.231. The second-order valence-corrected chi connectivity index (χ2v) is 5.84. The number of thiophene rings is 1. The van der Waals surface area contributed by atoms with Gasteiger partial charge >= 0.3 is 0 Å². The van der Waals surface area contributed by atoms with E-state index in [1.54, 1.807) is 18.4 Å². The number of nitrogens with zero attached hydrogens (tertiary/aromatic N) is 3. The molecule has 21 heavy (non-hydrogen) atoms. The van der Waals surface area contributed by atoms with E-state index in [9.17, 15) is 14.9 Å². The molecule has 6 nitrogen and oxygen atoms in total. The van der Waals surface area contributed by atoms with Crippen molar-refractivity contribution in [2.45, 2.75) is 13.5 Å². The van der Waals surface area contributed by atoms with Gasteiger partial charge in [-0.2, -0.15) is 0 Å². The van der Waals surface area contributed by atoms with Gasteiger partial charge in [-0.05, 0) is 23.9 Å². The summed E-state index contributed by atoms with van der Waals surface area (Å²) in [6.07, 6.45) is 1.03. The standard InChI is InChI=1S/C13H12ClN3O3S/c1-8-3-4-21-11(8)7-16(2)13(18)10-5-9(17(19)20)6-15-12(10)14/h3-6H,7H2,1-2H3. The first kappa shape index (κ1) is 15.4. The predicted molar refractivity (Wildman–Crippen MR) is 80.8 cm³/mol. The molecule has 0 aliphatic rings. The number of carbonyl (C=O) groups excluding carboxylic acids is 1. The zero-order valence-corrected chi connectivity index (χ0v) is 12.9. The lowest BCUT2D eigenvalue weighted by Crippen LogP contribution is -2.26. The van der Waals surface area contributed by atoms with Crippen molar-refractivity contribution in [1.29, 1.82) is 0 Å². The Hall–Kier alpha value is -1.99. The number of halogens is 1. The quantitative estimate of drug-likeness (QED) is 0.491. The molecule has 2 aromatic heterocycles. The van der Waals surface area contributed by atoms with Gasteiger partial charge in [-0.25, -0.2) is 4.98 Å². The highest BCUT2D eigenvalue weighted by Gasteiger charge is 2.20. The molecule has 2 rings (SSSR count). The third-order valence-electron chi connectivity index (χ3n) is 2.96. The van der Waals surface area contributed by atoms with Crippen molar-refractivity contribution >= 4 is 34.5 Å². The minimum Gasteiger partial charge on any atom is -0.336 e. The Morgan fingerprint density at radius 2 is 2.29 bits per heavy atom. The molecule has 0 aromatic carbocycles. The van der Waals surface area contributed by atoms with Crippen LogP contribution in [0, 0.1) is 17.0 Å². The molecule has 0 spiro atoms. The zero-order chi connectivity index (χ0) is 15.6. The number of hydrogen-bond acceptors (Lipinski definition) is 5. The van der Waals surface area contributed by atoms with Gasteiger partial charge in [0.25, 0.3) is 11.6 Å². The van der Waals surface area contributed by atoms with Crippen molar-refractivity contribution < 1.29 is 9.72 Å². The van der Waals surface area contributed by atoms with E-state index in [0.29, 0.717) is 6.54 Å². The van der Waals surface area contributed by atoms with Crippen LogP contribution in [0.1, 0.15) is 20.8 Å². The second-order valence-electron chi connectivity index (χ2n) is 4.48. The fourth-order valence-electron chi connectivity index (χ4n) is 1.75. The van der Waals surface area contributed by atoms with Crippen LogP contribution >= 0.6 is 22.9 Å². The Morgan fingerprint density at radius 1 is 1.57 bits per heavy atom. The van der Waals surface area contributed by atoms with Crippen LogP contribution in [0.3, 0.4) is 0 Å². The zero-order valence-electron chi connectivity index (χ0n) is 11.4. The maximum Gasteiger partial charge on any atom is 0.288 e. The summed E-state index contributed by atoms with van der Waals surface area (Å²) in [4.78, 5) is 28.7. The van der Waals surface area contributed by atoms with Gasteiger partial charge in [0.05, 0.1) is 17.0 Å². The molecule has 0 atom stereocenters. The summed E-state index contributed by atoms with van der Waals surface area (Å²) in [6, 6.07) is 3.12. The number of rotatable bonds is 4. The van der Waals surface area contributed by atoms with Crippen molar-refractivity contribution in [2.75, 3.05) is 7.05 Å². The molecular formula is C13H12ClN3O3S. The summed E-state index contributed by atoms with van der Waals surface area (Å²) in [5, 5.41) is 12.7. The van der Waals surface area contributed by atoms with Gasteiger partial charge in [0.1, 0.15) is 11.3 Å². The Bertz CT molecular complexity index is 702. The molecular weight excluding hydrogens is 314 g/mol. The molecule has 0 radical (unpaired) electrons. The highest BCUT2D eigenvalue weighted by atomic mass is 35.5. The molecule has 1 amide bonds. The summed E-state index contributed by atoms with van der Waals surface area (Å²) in [6.45, 7) is 2.38. The van der Waals surface area contributed by atoms with Crippen LogP contribution in [0.4, 0.5) is 5.69 Å². The van der Waals surface area contributed by atoms with Crippen LogP contribution in [0.25, 0.3) is 0 Å². The van der Waals surface area contributed by atoms with E-state index >= 15 is 0 Å². The third-order valence-corrected chi connectivity index (χ3v) is 4.27. The molecule has 0 aliphatic carbocycles. The maximum atomic E-state index is 12.4. The van der Waals surface area contributed by atoms with E-state index in [-0.39, 0.29) is 16.4 Å². The van der Waals surface area contributed by atoms with E-state index in [1.807, 2.05) is 18.4 Å². The Balaban J connectivity index is 2.25. The molecule has 0 saturated carbocycles. The Kier molecular flexibility index (Phi) is 4.54. The fourth-order valence-corrected chi connectivity index (χ4v) is 2.89. The van der Waals surface area contributed by atoms with Gasteiger partial charge in [0, 0.05) is 18.0 Å². The van der Waals surface area contributed by atoms with Crippen LogP contribution in [0.2, 0.25) is 5.15 Å². The molecule has 8 heteroatoms. The number of aryl methyl sites for hydroxylation is 1. The number of pyridine rings is 1. The van der Waals surface area contributed by atoms with Crippen molar-refractivity contribution in [2.24, 2.45) is 0 Å². The van der Waals surface area contributed by atoms with Crippen molar-refractivity contribution in [3.05, 3.63) is 55.0 Å². The lowest BCUT2D eigenvalue weighted by atomic mass is 10.2. The molecule has 0 fully saturated rings. The van der Waals surface area contributed by atoms with E-state index in [4.69, 9.17) is 11.6 Å². The monoisotopic (exact) mass is 325 g/mol. The minimum absolute atomic E-state index is 0.0302. The lowest BCUT2D eigenvalue weighted by molar-refractivity contribution is -0.385. The summed E-state index contributed by atoms with van der Waals surface area (Å²) >= 11 is 7.43. The molecule has 0 saturated heterocycles. The van der Waals surface area contributed by atoms with Gasteiger partial charge < -0.3 is 4.90 Å². The molecule has 0 bridgehead atoms. The Morgan fingerprint density at radius 3 is 2.86 bits per heavy atom. The van der Waals surface area contributed by atoms with Gasteiger partial charge in [-0.1, -0.05) is 11.6 Å². The maximum absolute atomic E-state index is 12.4. The second kappa shape index (κ2) is 6.19. The van der Waals surface area contributed by atoms with Crippen LogP contribution in [-0.2, 0) is 6.54 Å². The van der Waals surface area contributed by atoms with E-state index in [1.165, 1.54) is 4.90 Å². The molecule has 0 unspecified atom stereocenters. The molecule has 2 heterocycles. The largest absolute Gasteiger partial charge is 0.336 e. The average Bonchev–Trinajstić information content (AvgIpc) is 2.83. The normalized spacial score (nSPS) is 10.4. The van der Waals surface area contributed by atoms with E-state index in [2.05, 4.69) is 4.98 Å². The average molecular weight is 326 g/mol. The highest BCUT2D eigenvalue weighted by molar-refractivity contribution is 7.10. The van der Waals surface area contributed by atoms with Crippen LogP contribution in [0.15, 0.2) is 23.7 Å². The number of nitro groups is 1. The van der Waals surface area contributed by atoms with Crippen LogP contribution < -0.4 is 0 Å². The van der Waals surface area contributed by atoms with Gasteiger partial charge in [-0.3, -0.25) is 14.9 Å². The SMILES string of the molecule is Cc1ccsc1CN(C)C(=O)c1cc([N+](=O)[O-])cnc1Cl. The van der Waals surface area contributed by atoms with Gasteiger partial charge in [0.2, 0.25) is 0 Å². The smallest absolute Gasteiger partial charge is 0.288 e.